The minimum atomic E-state index is -0.519. The van der Waals surface area contributed by atoms with Gasteiger partial charge in [-0.05, 0) is 25.0 Å². The Hall–Kier alpha value is -2.57. The maximum atomic E-state index is 10.7. The second kappa shape index (κ2) is 6.93. The highest BCUT2D eigenvalue weighted by atomic mass is 16.5. The van der Waals surface area contributed by atoms with Crippen LogP contribution in [-0.2, 0) is 6.42 Å². The number of nitrogens with one attached hydrogen (secondary N) is 2. The van der Waals surface area contributed by atoms with E-state index < -0.39 is 6.03 Å². The van der Waals surface area contributed by atoms with Gasteiger partial charge in [0, 0.05) is 6.54 Å². The third-order valence-electron chi connectivity index (χ3n) is 3.44. The molecule has 0 saturated carbocycles. The van der Waals surface area contributed by atoms with Crippen LogP contribution in [0.3, 0.4) is 0 Å². The van der Waals surface area contributed by atoms with E-state index in [4.69, 9.17) is 19.9 Å². The largest absolute Gasteiger partial charge is 0.494 e. The van der Waals surface area contributed by atoms with Crippen molar-refractivity contribution in [1.82, 2.24) is 10.3 Å². The predicted octanol–water partition coefficient (Wildman–Crippen LogP) is 1.79. The van der Waals surface area contributed by atoms with Crippen LogP contribution in [0.15, 0.2) is 12.1 Å². The molecule has 22 heavy (non-hydrogen) atoms. The van der Waals surface area contributed by atoms with Gasteiger partial charge in [-0.3, -0.25) is 0 Å². The average Bonchev–Trinajstić information content (AvgIpc) is 2.87. The predicted molar refractivity (Wildman–Crippen MR) is 83.9 cm³/mol. The Kier molecular flexibility index (Phi) is 4.98. The average molecular weight is 307 g/mol. The summed E-state index contributed by atoms with van der Waals surface area (Å²) < 4.78 is 16.3. The molecule has 0 spiro atoms. The number of ether oxygens (including phenoxy) is 3. The Bertz CT molecular complexity index is 666. The molecule has 2 rings (SSSR count). The highest BCUT2D eigenvalue weighted by Gasteiger charge is 2.19. The van der Waals surface area contributed by atoms with Crippen molar-refractivity contribution in [1.29, 1.82) is 0 Å². The number of methoxy groups -OCH3 is 3. The fraction of sp³-hybridized carbons (Fsp3) is 0.400. The van der Waals surface area contributed by atoms with Gasteiger partial charge in [0.05, 0.1) is 37.9 Å². The first kappa shape index (κ1) is 15.8. The molecule has 0 aliphatic carbocycles. The maximum absolute atomic E-state index is 10.7. The lowest BCUT2D eigenvalue weighted by Gasteiger charge is -2.10. The number of fused-ring (bicyclic) bond motifs is 1. The summed E-state index contributed by atoms with van der Waals surface area (Å²) in [6.07, 6.45) is 1.45. The molecule has 0 fully saturated rings. The van der Waals surface area contributed by atoms with Crippen LogP contribution >= 0.6 is 0 Å². The lowest BCUT2D eigenvalue weighted by Crippen LogP contribution is -2.30. The normalized spacial score (nSPS) is 10.5. The van der Waals surface area contributed by atoms with Gasteiger partial charge in [-0.25, -0.2) is 4.79 Å². The van der Waals surface area contributed by atoms with E-state index in [2.05, 4.69) is 10.3 Å². The first-order valence-electron chi connectivity index (χ1n) is 6.95. The van der Waals surface area contributed by atoms with Crippen molar-refractivity contribution in [3.8, 4) is 17.2 Å². The van der Waals surface area contributed by atoms with E-state index in [9.17, 15) is 4.79 Å². The number of nitrogens with two attached hydrogens (primary N) is 1. The molecule has 0 aliphatic heterocycles. The van der Waals surface area contributed by atoms with Crippen LogP contribution in [0, 0.1) is 0 Å². The van der Waals surface area contributed by atoms with E-state index in [0.29, 0.717) is 24.5 Å². The summed E-state index contributed by atoms with van der Waals surface area (Å²) in [6.45, 7) is 0.508. The summed E-state index contributed by atoms with van der Waals surface area (Å²) in [5, 5.41) is 3.42. The molecule has 120 valence electrons. The molecule has 0 atom stereocenters. The van der Waals surface area contributed by atoms with Crippen LogP contribution in [-0.4, -0.2) is 38.9 Å². The maximum Gasteiger partial charge on any atom is 0.312 e. The summed E-state index contributed by atoms with van der Waals surface area (Å²) in [5.41, 5.74) is 6.90. The van der Waals surface area contributed by atoms with Crippen molar-refractivity contribution in [2.45, 2.75) is 12.8 Å². The molecule has 2 amide bonds. The van der Waals surface area contributed by atoms with E-state index in [-0.39, 0.29) is 0 Å². The van der Waals surface area contributed by atoms with Crippen molar-refractivity contribution < 1.29 is 19.0 Å². The van der Waals surface area contributed by atoms with Gasteiger partial charge in [-0.2, -0.15) is 0 Å². The van der Waals surface area contributed by atoms with Crippen LogP contribution in [0.25, 0.3) is 10.9 Å². The van der Waals surface area contributed by atoms with Gasteiger partial charge >= 0.3 is 6.03 Å². The van der Waals surface area contributed by atoms with Crippen LogP contribution in [0.2, 0.25) is 0 Å². The van der Waals surface area contributed by atoms with Crippen molar-refractivity contribution >= 4 is 16.9 Å². The number of H-pyrrole nitrogens is 1. The summed E-state index contributed by atoms with van der Waals surface area (Å²) in [6, 6.07) is 3.25. The zero-order valence-electron chi connectivity index (χ0n) is 13.0. The molecule has 1 aromatic carbocycles. The van der Waals surface area contributed by atoms with Crippen molar-refractivity contribution in [3.05, 3.63) is 17.8 Å². The molecular formula is C15H21N3O4. The number of benzene rings is 1. The number of aromatic amines is 1. The quantitative estimate of drug-likeness (QED) is 0.679. The summed E-state index contributed by atoms with van der Waals surface area (Å²) in [4.78, 5) is 14.0. The van der Waals surface area contributed by atoms with Crippen molar-refractivity contribution in [3.63, 3.8) is 0 Å². The molecular weight excluding hydrogens is 286 g/mol. The Morgan fingerprint density at radius 1 is 1.18 bits per heavy atom. The van der Waals surface area contributed by atoms with E-state index in [0.717, 1.165) is 28.8 Å². The Labute approximate surface area is 128 Å². The van der Waals surface area contributed by atoms with E-state index in [1.807, 2.05) is 12.1 Å². The van der Waals surface area contributed by atoms with Gasteiger partial charge in [0.25, 0.3) is 0 Å². The number of primary amides is 1. The van der Waals surface area contributed by atoms with E-state index in [1.165, 1.54) is 0 Å². The van der Waals surface area contributed by atoms with Gasteiger partial charge < -0.3 is 30.2 Å². The summed E-state index contributed by atoms with van der Waals surface area (Å²) in [7, 11) is 4.81. The minimum Gasteiger partial charge on any atom is -0.494 e. The first-order chi connectivity index (χ1) is 10.6. The van der Waals surface area contributed by atoms with Crippen LogP contribution in [0.4, 0.5) is 4.79 Å². The number of rotatable bonds is 7. The van der Waals surface area contributed by atoms with Crippen LogP contribution < -0.4 is 25.3 Å². The molecule has 1 aromatic heterocycles. The number of hydrogen-bond acceptors (Lipinski definition) is 4. The van der Waals surface area contributed by atoms with Crippen LogP contribution in [0.1, 0.15) is 12.1 Å². The van der Waals surface area contributed by atoms with Crippen LogP contribution in [0.5, 0.6) is 17.2 Å². The number of hydrogen-bond donors (Lipinski definition) is 3. The number of carbonyl (C=O) groups excluding carboxylic acids is 1. The van der Waals surface area contributed by atoms with Gasteiger partial charge in [0.1, 0.15) is 0 Å². The zero-order chi connectivity index (χ0) is 16.1. The number of aromatic nitrogens is 1. The monoisotopic (exact) mass is 307 g/mol. The number of aryl methyl sites for hydroxylation is 1. The SMILES string of the molecule is COc1ccc2[nH]c(CCCNC(N)=O)c(OC)c2c1OC. The summed E-state index contributed by atoms with van der Waals surface area (Å²) >= 11 is 0. The molecule has 0 aliphatic rings. The van der Waals surface area contributed by atoms with Crippen molar-refractivity contribution in [2.75, 3.05) is 27.9 Å². The zero-order valence-corrected chi connectivity index (χ0v) is 13.0. The standard InChI is InChI=1S/C15H21N3O4/c1-20-11-7-6-9-12(14(11)22-3)13(21-2)10(18-9)5-4-8-17-15(16)19/h6-7,18H,4-5,8H2,1-3H3,(H3,16,17,19). The molecule has 0 unspecified atom stereocenters. The molecule has 0 radical (unpaired) electrons. The molecule has 7 heteroatoms. The van der Waals surface area contributed by atoms with Gasteiger partial charge in [-0.15, -0.1) is 0 Å². The number of urea groups is 1. The highest BCUT2D eigenvalue weighted by Crippen LogP contribution is 2.42. The Morgan fingerprint density at radius 3 is 2.50 bits per heavy atom. The smallest absolute Gasteiger partial charge is 0.312 e. The molecule has 7 nitrogen and oxygen atoms in total. The third-order valence-corrected chi connectivity index (χ3v) is 3.44. The second-order valence-electron chi connectivity index (χ2n) is 4.76. The fourth-order valence-corrected chi connectivity index (χ4v) is 2.50. The summed E-state index contributed by atoms with van der Waals surface area (Å²) in [5.74, 6) is 2.01. The number of carbonyl (C=O) groups is 1. The molecule has 0 bridgehead atoms. The van der Waals surface area contributed by atoms with Gasteiger partial charge in [0.15, 0.2) is 17.2 Å². The minimum absolute atomic E-state index is 0.508. The third kappa shape index (κ3) is 3.03. The Morgan fingerprint density at radius 2 is 1.91 bits per heavy atom. The highest BCUT2D eigenvalue weighted by molar-refractivity contribution is 5.95. The lowest BCUT2D eigenvalue weighted by atomic mass is 10.1. The van der Waals surface area contributed by atoms with E-state index in [1.54, 1.807) is 21.3 Å². The van der Waals surface area contributed by atoms with Gasteiger partial charge in [-0.1, -0.05) is 0 Å². The molecule has 0 saturated heterocycles. The number of amides is 2. The molecule has 2 aromatic rings. The lowest BCUT2D eigenvalue weighted by molar-refractivity contribution is 0.249. The van der Waals surface area contributed by atoms with E-state index >= 15 is 0 Å². The Balaban J connectivity index is 2.33. The first-order valence-corrected chi connectivity index (χ1v) is 6.95. The topological polar surface area (TPSA) is 98.6 Å². The fourth-order valence-electron chi connectivity index (χ4n) is 2.50. The molecule has 1 heterocycles. The second-order valence-corrected chi connectivity index (χ2v) is 4.76. The molecule has 4 N–H and O–H groups in total. The van der Waals surface area contributed by atoms with Crippen molar-refractivity contribution in [2.24, 2.45) is 5.73 Å². The van der Waals surface area contributed by atoms with Gasteiger partial charge in [0.2, 0.25) is 0 Å².